The molecule has 110 valence electrons. The number of carboxylic acids is 1. The SMILES string of the molecule is CC1(C)OB(c2cncc(C#CCC(=O)O)c2)OC1(C)C. The van der Waals surface area contributed by atoms with Gasteiger partial charge in [-0.2, -0.15) is 0 Å². The second kappa shape index (κ2) is 5.51. The molecular weight excluding hydrogens is 269 g/mol. The van der Waals surface area contributed by atoms with Crippen molar-refractivity contribution in [1.29, 1.82) is 0 Å². The van der Waals surface area contributed by atoms with E-state index in [1.54, 1.807) is 12.4 Å². The lowest BCUT2D eigenvalue weighted by Gasteiger charge is -2.32. The first kappa shape index (κ1) is 15.6. The molecule has 1 N–H and O–H groups in total. The highest BCUT2D eigenvalue weighted by atomic mass is 16.7. The first-order valence-electron chi connectivity index (χ1n) is 6.72. The van der Waals surface area contributed by atoms with Crippen LogP contribution >= 0.6 is 0 Å². The van der Waals surface area contributed by atoms with Crippen LogP contribution in [-0.4, -0.2) is 34.4 Å². The van der Waals surface area contributed by atoms with Gasteiger partial charge in [0.1, 0.15) is 6.42 Å². The summed E-state index contributed by atoms with van der Waals surface area (Å²) in [6.45, 7) is 7.93. The lowest BCUT2D eigenvalue weighted by atomic mass is 9.80. The molecule has 0 atom stereocenters. The molecule has 6 heteroatoms. The number of nitrogens with zero attached hydrogens (tertiary/aromatic N) is 1. The maximum Gasteiger partial charge on any atom is 0.496 e. The highest BCUT2D eigenvalue weighted by Crippen LogP contribution is 2.36. The molecule has 1 aliphatic heterocycles. The largest absolute Gasteiger partial charge is 0.496 e. The Labute approximate surface area is 124 Å². The summed E-state index contributed by atoms with van der Waals surface area (Å²) in [5.74, 6) is 4.41. The van der Waals surface area contributed by atoms with Crippen molar-refractivity contribution < 1.29 is 19.2 Å². The van der Waals surface area contributed by atoms with Crippen LogP contribution in [0.2, 0.25) is 0 Å². The molecule has 21 heavy (non-hydrogen) atoms. The molecule has 1 saturated heterocycles. The highest BCUT2D eigenvalue weighted by Gasteiger charge is 2.51. The van der Waals surface area contributed by atoms with E-state index in [0.717, 1.165) is 5.46 Å². The van der Waals surface area contributed by atoms with Gasteiger partial charge in [-0.1, -0.05) is 11.8 Å². The third kappa shape index (κ3) is 3.44. The van der Waals surface area contributed by atoms with Crippen LogP contribution in [0.1, 0.15) is 39.7 Å². The topological polar surface area (TPSA) is 68.7 Å². The predicted molar refractivity (Wildman–Crippen MR) is 79.1 cm³/mol. The Kier molecular flexibility index (Phi) is 4.08. The summed E-state index contributed by atoms with van der Waals surface area (Å²) in [7, 11) is -0.497. The number of carbonyl (C=O) groups is 1. The van der Waals surface area contributed by atoms with E-state index in [9.17, 15) is 4.79 Å². The fourth-order valence-corrected chi connectivity index (χ4v) is 1.86. The fourth-order valence-electron chi connectivity index (χ4n) is 1.86. The number of aliphatic carboxylic acids is 1. The van der Waals surface area contributed by atoms with Gasteiger partial charge >= 0.3 is 13.1 Å². The van der Waals surface area contributed by atoms with Gasteiger partial charge in [0.15, 0.2) is 0 Å². The van der Waals surface area contributed by atoms with Gasteiger partial charge in [-0.15, -0.1) is 0 Å². The van der Waals surface area contributed by atoms with E-state index in [2.05, 4.69) is 16.8 Å². The lowest BCUT2D eigenvalue weighted by molar-refractivity contribution is -0.135. The van der Waals surface area contributed by atoms with Gasteiger partial charge in [-0.25, -0.2) is 0 Å². The zero-order valence-electron chi connectivity index (χ0n) is 12.6. The van der Waals surface area contributed by atoms with Crippen LogP contribution in [0.5, 0.6) is 0 Å². The van der Waals surface area contributed by atoms with Crippen molar-refractivity contribution in [1.82, 2.24) is 4.98 Å². The number of hydrogen-bond donors (Lipinski definition) is 1. The maximum absolute atomic E-state index is 10.5. The molecule has 0 amide bonds. The molecular formula is C15H18BNO4. The molecule has 0 bridgehead atoms. The summed E-state index contributed by atoms with van der Waals surface area (Å²) in [6.07, 6.45) is 3.06. The smallest absolute Gasteiger partial charge is 0.481 e. The number of hydrogen-bond acceptors (Lipinski definition) is 4. The van der Waals surface area contributed by atoms with Gasteiger partial charge in [0, 0.05) is 23.4 Å². The molecule has 0 aliphatic carbocycles. The van der Waals surface area contributed by atoms with Crippen LogP contribution in [-0.2, 0) is 14.1 Å². The molecule has 0 spiro atoms. The van der Waals surface area contributed by atoms with E-state index in [1.165, 1.54) is 0 Å². The summed E-state index contributed by atoms with van der Waals surface area (Å²) >= 11 is 0. The van der Waals surface area contributed by atoms with Gasteiger partial charge in [-0.3, -0.25) is 9.78 Å². The zero-order valence-corrected chi connectivity index (χ0v) is 12.6. The van der Waals surface area contributed by atoms with Crippen molar-refractivity contribution in [2.24, 2.45) is 0 Å². The van der Waals surface area contributed by atoms with Gasteiger partial charge < -0.3 is 14.4 Å². The Morgan fingerprint density at radius 2 is 1.90 bits per heavy atom. The van der Waals surface area contributed by atoms with Crippen LogP contribution in [0.25, 0.3) is 0 Å². The van der Waals surface area contributed by atoms with Crippen LogP contribution in [0.4, 0.5) is 0 Å². The molecule has 2 heterocycles. The van der Waals surface area contributed by atoms with E-state index in [1.807, 2.05) is 33.8 Å². The van der Waals surface area contributed by atoms with Crippen molar-refractivity contribution in [3.63, 3.8) is 0 Å². The van der Waals surface area contributed by atoms with Gasteiger partial charge in [-0.05, 0) is 33.8 Å². The summed E-state index contributed by atoms with van der Waals surface area (Å²) in [5, 5.41) is 8.58. The van der Waals surface area contributed by atoms with Crippen molar-refractivity contribution in [2.45, 2.75) is 45.3 Å². The Morgan fingerprint density at radius 1 is 1.29 bits per heavy atom. The van der Waals surface area contributed by atoms with E-state index in [0.29, 0.717) is 5.56 Å². The number of carboxylic acid groups (broad SMARTS) is 1. The normalized spacial score (nSPS) is 19.0. The van der Waals surface area contributed by atoms with E-state index >= 15 is 0 Å². The summed E-state index contributed by atoms with van der Waals surface area (Å²) < 4.78 is 11.9. The standard InChI is InChI=1S/C15H18BNO4/c1-14(2)15(3,4)21-16(20-14)12-8-11(9-17-10-12)6-5-7-13(18)19/h8-10H,7H2,1-4H3,(H,18,19). The average Bonchev–Trinajstić information content (AvgIpc) is 2.58. The molecule has 5 nitrogen and oxygen atoms in total. The summed E-state index contributed by atoms with van der Waals surface area (Å²) in [5.41, 5.74) is 0.588. The molecule has 0 aromatic carbocycles. The van der Waals surface area contributed by atoms with Crippen molar-refractivity contribution >= 4 is 18.6 Å². The minimum absolute atomic E-state index is 0.194. The first-order chi connectivity index (χ1) is 9.71. The monoisotopic (exact) mass is 287 g/mol. The quantitative estimate of drug-likeness (QED) is 0.654. The molecule has 0 saturated carbocycles. The minimum atomic E-state index is -0.947. The van der Waals surface area contributed by atoms with Crippen LogP contribution in [0, 0.1) is 11.8 Å². The molecule has 1 aliphatic rings. The number of pyridine rings is 1. The molecule has 1 fully saturated rings. The Morgan fingerprint density at radius 3 is 2.48 bits per heavy atom. The molecule has 0 unspecified atom stereocenters. The number of aromatic nitrogens is 1. The molecule has 1 aromatic rings. The Balaban J connectivity index is 2.19. The van der Waals surface area contributed by atoms with Crippen LogP contribution in [0.15, 0.2) is 18.5 Å². The molecule has 2 rings (SSSR count). The second-order valence-electron chi connectivity index (χ2n) is 5.97. The Bertz CT molecular complexity index is 600. The van der Waals surface area contributed by atoms with Gasteiger partial charge in [0.2, 0.25) is 0 Å². The highest BCUT2D eigenvalue weighted by molar-refractivity contribution is 6.62. The second-order valence-corrected chi connectivity index (χ2v) is 5.97. The van der Waals surface area contributed by atoms with E-state index < -0.39 is 24.3 Å². The van der Waals surface area contributed by atoms with E-state index in [4.69, 9.17) is 14.4 Å². The van der Waals surface area contributed by atoms with Gasteiger partial charge in [0.25, 0.3) is 0 Å². The maximum atomic E-state index is 10.5. The van der Waals surface area contributed by atoms with Gasteiger partial charge in [0.05, 0.1) is 11.2 Å². The van der Waals surface area contributed by atoms with Crippen molar-refractivity contribution in [2.75, 3.05) is 0 Å². The van der Waals surface area contributed by atoms with Crippen molar-refractivity contribution in [3.05, 3.63) is 24.0 Å². The number of rotatable bonds is 2. The Hall–Kier alpha value is -1.84. The van der Waals surface area contributed by atoms with E-state index in [-0.39, 0.29) is 6.42 Å². The average molecular weight is 287 g/mol. The fraction of sp³-hybridized carbons (Fsp3) is 0.467. The summed E-state index contributed by atoms with van der Waals surface area (Å²) in [4.78, 5) is 14.6. The third-order valence-corrected chi connectivity index (χ3v) is 3.76. The van der Waals surface area contributed by atoms with Crippen LogP contribution in [0.3, 0.4) is 0 Å². The van der Waals surface area contributed by atoms with Crippen LogP contribution < -0.4 is 5.46 Å². The molecule has 1 aromatic heterocycles. The third-order valence-electron chi connectivity index (χ3n) is 3.76. The van der Waals surface area contributed by atoms with Crippen molar-refractivity contribution in [3.8, 4) is 11.8 Å². The zero-order chi connectivity index (χ0) is 15.7. The minimum Gasteiger partial charge on any atom is -0.481 e. The summed E-state index contributed by atoms with van der Waals surface area (Å²) in [6, 6.07) is 1.81. The molecule has 0 radical (unpaired) electrons. The predicted octanol–water partition coefficient (Wildman–Crippen LogP) is 1.21. The lowest BCUT2D eigenvalue weighted by Crippen LogP contribution is -2.41. The first-order valence-corrected chi connectivity index (χ1v) is 6.72.